The van der Waals surface area contributed by atoms with Crippen molar-refractivity contribution in [1.82, 2.24) is 9.97 Å². The fourth-order valence-corrected chi connectivity index (χ4v) is 1.66. The molecule has 0 saturated carbocycles. The van der Waals surface area contributed by atoms with Gasteiger partial charge in [0.15, 0.2) is 0 Å². The van der Waals surface area contributed by atoms with Gasteiger partial charge in [-0.2, -0.15) is 0 Å². The molecule has 0 spiro atoms. The first kappa shape index (κ1) is 11.4. The molecule has 0 saturated heterocycles. The second-order valence-electron chi connectivity index (χ2n) is 3.73. The van der Waals surface area contributed by atoms with E-state index in [9.17, 15) is 0 Å². The van der Waals surface area contributed by atoms with Gasteiger partial charge in [-0.1, -0.05) is 13.0 Å². The van der Waals surface area contributed by atoms with Gasteiger partial charge >= 0.3 is 6.01 Å². The molecule has 4 nitrogen and oxygen atoms in total. The van der Waals surface area contributed by atoms with Crippen molar-refractivity contribution in [3.05, 3.63) is 36.2 Å². The molecule has 4 heteroatoms. The summed E-state index contributed by atoms with van der Waals surface area (Å²) in [6.07, 6.45) is 4.41. The molecule has 0 amide bonds. The second-order valence-corrected chi connectivity index (χ2v) is 3.73. The van der Waals surface area contributed by atoms with Crippen molar-refractivity contribution in [3.8, 4) is 17.1 Å². The lowest BCUT2D eigenvalue weighted by atomic mass is 10.0. The van der Waals surface area contributed by atoms with Crippen LogP contribution in [-0.4, -0.2) is 17.1 Å². The van der Waals surface area contributed by atoms with E-state index in [4.69, 9.17) is 10.5 Å². The predicted octanol–water partition coefficient (Wildman–Crippen LogP) is 2.30. The van der Waals surface area contributed by atoms with Crippen molar-refractivity contribution >= 4 is 5.69 Å². The number of anilines is 1. The van der Waals surface area contributed by atoms with Crippen molar-refractivity contribution in [2.45, 2.75) is 13.3 Å². The van der Waals surface area contributed by atoms with E-state index in [-0.39, 0.29) is 0 Å². The zero-order valence-electron chi connectivity index (χ0n) is 9.97. The Balaban J connectivity index is 2.38. The molecule has 0 aliphatic rings. The van der Waals surface area contributed by atoms with Gasteiger partial charge in [0.1, 0.15) is 0 Å². The Bertz CT molecular complexity index is 509. The van der Waals surface area contributed by atoms with E-state index in [1.807, 2.05) is 12.1 Å². The molecule has 0 fully saturated rings. The van der Waals surface area contributed by atoms with Gasteiger partial charge in [0.2, 0.25) is 0 Å². The number of methoxy groups -OCH3 is 1. The molecule has 1 heterocycles. The van der Waals surface area contributed by atoms with Crippen LogP contribution in [-0.2, 0) is 6.42 Å². The Morgan fingerprint density at radius 2 is 1.88 bits per heavy atom. The maximum atomic E-state index is 5.87. The van der Waals surface area contributed by atoms with Crippen LogP contribution in [0.5, 0.6) is 6.01 Å². The maximum Gasteiger partial charge on any atom is 0.316 e. The number of rotatable bonds is 3. The van der Waals surface area contributed by atoms with Crippen LogP contribution in [0.3, 0.4) is 0 Å². The van der Waals surface area contributed by atoms with Gasteiger partial charge < -0.3 is 10.5 Å². The van der Waals surface area contributed by atoms with Gasteiger partial charge in [0.05, 0.1) is 7.11 Å². The largest absolute Gasteiger partial charge is 0.467 e. The number of aromatic nitrogens is 2. The summed E-state index contributed by atoms with van der Waals surface area (Å²) in [5, 5.41) is 0. The van der Waals surface area contributed by atoms with E-state index < -0.39 is 0 Å². The summed E-state index contributed by atoms with van der Waals surface area (Å²) in [5.41, 5.74) is 9.86. The van der Waals surface area contributed by atoms with Crippen LogP contribution >= 0.6 is 0 Å². The second kappa shape index (κ2) is 4.82. The van der Waals surface area contributed by atoms with Crippen molar-refractivity contribution in [2.24, 2.45) is 0 Å². The molecular formula is C13H15N3O. The normalized spacial score (nSPS) is 10.2. The summed E-state index contributed by atoms with van der Waals surface area (Å²) < 4.78 is 4.93. The predicted molar refractivity (Wildman–Crippen MR) is 67.8 cm³/mol. The standard InChI is InChI=1S/C13H15N3O/c1-3-9-6-10(4-5-12(9)14)11-7-15-13(17-2)16-8-11/h4-8H,3,14H2,1-2H3. The Morgan fingerprint density at radius 3 is 2.47 bits per heavy atom. The Labute approximate surface area is 100 Å². The Kier molecular flexibility index (Phi) is 3.23. The number of nitrogens with two attached hydrogens (primary N) is 1. The summed E-state index contributed by atoms with van der Waals surface area (Å²) in [7, 11) is 1.55. The van der Waals surface area contributed by atoms with Crippen LogP contribution in [0.25, 0.3) is 11.1 Å². The van der Waals surface area contributed by atoms with Crippen molar-refractivity contribution in [1.29, 1.82) is 0 Å². The molecule has 1 aromatic heterocycles. The fourth-order valence-electron chi connectivity index (χ4n) is 1.66. The lowest BCUT2D eigenvalue weighted by molar-refractivity contribution is 0.380. The number of aryl methyl sites for hydroxylation is 1. The average molecular weight is 229 g/mol. The smallest absolute Gasteiger partial charge is 0.316 e. The SMILES string of the molecule is CCc1cc(-c2cnc(OC)nc2)ccc1N. The van der Waals surface area contributed by atoms with Gasteiger partial charge in [-0.05, 0) is 29.7 Å². The highest BCUT2D eigenvalue weighted by Gasteiger charge is 2.03. The monoisotopic (exact) mass is 229 g/mol. The molecule has 2 rings (SSSR count). The lowest BCUT2D eigenvalue weighted by Gasteiger charge is -2.07. The zero-order valence-corrected chi connectivity index (χ0v) is 9.97. The number of ether oxygens (including phenoxy) is 1. The first-order valence-electron chi connectivity index (χ1n) is 5.49. The number of nitrogen functional groups attached to an aromatic ring is 1. The van der Waals surface area contributed by atoms with Crippen LogP contribution in [0, 0.1) is 0 Å². The molecule has 0 aliphatic heterocycles. The van der Waals surface area contributed by atoms with Gasteiger partial charge in [0.25, 0.3) is 0 Å². The van der Waals surface area contributed by atoms with Crippen molar-refractivity contribution in [2.75, 3.05) is 12.8 Å². The molecule has 0 unspecified atom stereocenters. The molecule has 1 aromatic carbocycles. The summed E-state index contributed by atoms with van der Waals surface area (Å²) in [4.78, 5) is 8.17. The van der Waals surface area contributed by atoms with Crippen molar-refractivity contribution < 1.29 is 4.74 Å². The third-order valence-corrected chi connectivity index (χ3v) is 2.67. The third-order valence-electron chi connectivity index (χ3n) is 2.67. The number of benzene rings is 1. The highest BCUT2D eigenvalue weighted by Crippen LogP contribution is 2.23. The van der Waals surface area contributed by atoms with E-state index in [1.54, 1.807) is 19.5 Å². The van der Waals surface area contributed by atoms with E-state index in [2.05, 4.69) is 23.0 Å². The van der Waals surface area contributed by atoms with Crippen molar-refractivity contribution in [3.63, 3.8) is 0 Å². The van der Waals surface area contributed by atoms with Gasteiger partial charge in [0, 0.05) is 23.6 Å². The van der Waals surface area contributed by atoms with E-state index in [0.29, 0.717) is 6.01 Å². The Hall–Kier alpha value is -2.10. The summed E-state index contributed by atoms with van der Waals surface area (Å²) in [6.45, 7) is 2.08. The fraction of sp³-hybridized carbons (Fsp3) is 0.231. The van der Waals surface area contributed by atoms with Gasteiger partial charge in [-0.25, -0.2) is 9.97 Å². The topological polar surface area (TPSA) is 61.0 Å². The first-order valence-corrected chi connectivity index (χ1v) is 5.49. The number of nitrogens with zero attached hydrogens (tertiary/aromatic N) is 2. The molecule has 0 aliphatic carbocycles. The highest BCUT2D eigenvalue weighted by atomic mass is 16.5. The van der Waals surface area contributed by atoms with Crippen LogP contribution < -0.4 is 10.5 Å². The average Bonchev–Trinajstić information content (AvgIpc) is 2.39. The molecule has 17 heavy (non-hydrogen) atoms. The van der Waals surface area contributed by atoms with Gasteiger partial charge in [-0.15, -0.1) is 0 Å². The summed E-state index contributed by atoms with van der Waals surface area (Å²) in [5.74, 6) is 0. The van der Waals surface area contributed by atoms with Crippen LogP contribution in [0.15, 0.2) is 30.6 Å². The maximum absolute atomic E-state index is 5.87. The molecule has 2 N–H and O–H groups in total. The van der Waals surface area contributed by atoms with Crippen LogP contribution in [0.2, 0.25) is 0 Å². The molecule has 0 atom stereocenters. The van der Waals surface area contributed by atoms with Crippen LogP contribution in [0.4, 0.5) is 5.69 Å². The van der Waals surface area contributed by atoms with Crippen LogP contribution in [0.1, 0.15) is 12.5 Å². The first-order chi connectivity index (χ1) is 8.24. The quantitative estimate of drug-likeness (QED) is 0.820. The molecule has 2 aromatic rings. The van der Waals surface area contributed by atoms with Gasteiger partial charge in [-0.3, -0.25) is 0 Å². The number of hydrogen-bond donors (Lipinski definition) is 1. The lowest BCUT2D eigenvalue weighted by Crippen LogP contribution is -1.94. The minimum Gasteiger partial charge on any atom is -0.467 e. The Morgan fingerprint density at radius 1 is 1.18 bits per heavy atom. The van der Waals surface area contributed by atoms with E-state index in [0.717, 1.165) is 28.8 Å². The zero-order chi connectivity index (χ0) is 12.3. The highest BCUT2D eigenvalue weighted by molar-refractivity contribution is 5.66. The summed E-state index contributed by atoms with van der Waals surface area (Å²) >= 11 is 0. The summed E-state index contributed by atoms with van der Waals surface area (Å²) in [6, 6.07) is 6.33. The molecule has 0 bridgehead atoms. The minimum absolute atomic E-state index is 0.375. The van der Waals surface area contributed by atoms with E-state index in [1.165, 1.54) is 0 Å². The number of hydrogen-bond acceptors (Lipinski definition) is 4. The molecular weight excluding hydrogens is 214 g/mol. The molecule has 88 valence electrons. The van der Waals surface area contributed by atoms with E-state index >= 15 is 0 Å². The third kappa shape index (κ3) is 2.36. The molecule has 0 radical (unpaired) electrons. The minimum atomic E-state index is 0.375.